The summed E-state index contributed by atoms with van der Waals surface area (Å²) >= 11 is 1.58. The lowest BCUT2D eigenvalue weighted by Crippen LogP contribution is -2.24. The number of aliphatic hydroxyl groups is 1. The molecule has 5 nitrogen and oxygen atoms in total. The zero-order valence-electron chi connectivity index (χ0n) is 16.7. The van der Waals surface area contributed by atoms with Crippen molar-refractivity contribution in [3.8, 4) is 0 Å². The predicted molar refractivity (Wildman–Crippen MR) is 123 cm³/mol. The number of aryl methyl sites for hydroxylation is 1. The van der Waals surface area contributed by atoms with E-state index in [9.17, 15) is 14.7 Å². The molecule has 2 aromatic carbocycles. The minimum Gasteiger partial charge on any atom is -0.396 e. The fraction of sp³-hybridized carbons (Fsp3) is 0.200. The van der Waals surface area contributed by atoms with Crippen molar-refractivity contribution in [2.24, 2.45) is 5.92 Å². The van der Waals surface area contributed by atoms with Crippen LogP contribution in [-0.2, 0) is 22.6 Å². The van der Waals surface area contributed by atoms with E-state index in [0.29, 0.717) is 17.6 Å². The van der Waals surface area contributed by atoms with Crippen LogP contribution in [0.1, 0.15) is 23.2 Å². The molecule has 6 heteroatoms. The van der Waals surface area contributed by atoms with Crippen molar-refractivity contribution in [1.82, 2.24) is 9.88 Å². The van der Waals surface area contributed by atoms with Crippen LogP contribution < -0.4 is 5.32 Å². The molecule has 2 aliphatic heterocycles. The van der Waals surface area contributed by atoms with Crippen molar-refractivity contribution < 1.29 is 14.7 Å². The van der Waals surface area contributed by atoms with E-state index in [-0.39, 0.29) is 24.3 Å². The first-order valence-corrected chi connectivity index (χ1v) is 11.3. The van der Waals surface area contributed by atoms with Crippen molar-refractivity contribution >= 4 is 55.3 Å². The zero-order valence-corrected chi connectivity index (χ0v) is 17.5. The SMILES string of the molecule is O=C1NC(=O)C(c2c3n(c4ccccc24)CCC(CO)C3)=C1c1csc2ccccc12. The van der Waals surface area contributed by atoms with E-state index in [1.54, 1.807) is 11.3 Å². The summed E-state index contributed by atoms with van der Waals surface area (Å²) in [5.41, 5.74) is 4.64. The fourth-order valence-corrected chi connectivity index (χ4v) is 6.02. The van der Waals surface area contributed by atoms with Gasteiger partial charge >= 0.3 is 0 Å². The summed E-state index contributed by atoms with van der Waals surface area (Å²) in [6.45, 7) is 0.911. The normalized spacial score (nSPS) is 18.8. The molecule has 2 N–H and O–H groups in total. The first kappa shape index (κ1) is 18.5. The molecule has 0 bridgehead atoms. The summed E-state index contributed by atoms with van der Waals surface area (Å²) in [4.78, 5) is 26.2. The lowest BCUT2D eigenvalue weighted by molar-refractivity contribution is -0.122. The number of nitrogens with zero attached hydrogens (tertiary/aromatic N) is 1. The van der Waals surface area contributed by atoms with Crippen LogP contribution in [0.2, 0.25) is 0 Å². The van der Waals surface area contributed by atoms with Gasteiger partial charge in [-0.25, -0.2) is 0 Å². The number of thiophene rings is 1. The zero-order chi connectivity index (χ0) is 21.1. The third-order valence-electron chi connectivity index (χ3n) is 6.51. The van der Waals surface area contributed by atoms with Crippen LogP contribution >= 0.6 is 11.3 Å². The van der Waals surface area contributed by atoms with Gasteiger partial charge in [0.2, 0.25) is 0 Å². The van der Waals surface area contributed by atoms with Gasteiger partial charge in [-0.2, -0.15) is 0 Å². The van der Waals surface area contributed by atoms with Crippen LogP contribution in [0.4, 0.5) is 0 Å². The molecule has 2 aromatic heterocycles. The molecule has 1 atom stereocenters. The Morgan fingerprint density at radius 1 is 1.00 bits per heavy atom. The molecular weight excluding hydrogens is 408 g/mol. The molecule has 2 aliphatic rings. The minimum atomic E-state index is -0.347. The molecule has 31 heavy (non-hydrogen) atoms. The lowest BCUT2D eigenvalue weighted by Gasteiger charge is -2.24. The number of hydrogen-bond acceptors (Lipinski definition) is 4. The Morgan fingerprint density at radius 3 is 2.58 bits per heavy atom. The van der Waals surface area contributed by atoms with Gasteiger partial charge in [0.05, 0.1) is 11.1 Å². The van der Waals surface area contributed by atoms with Gasteiger partial charge in [0.1, 0.15) is 0 Å². The number of carbonyl (C=O) groups is 2. The van der Waals surface area contributed by atoms with Crippen LogP contribution in [-0.4, -0.2) is 28.1 Å². The van der Waals surface area contributed by atoms with Gasteiger partial charge < -0.3 is 9.67 Å². The van der Waals surface area contributed by atoms with Crippen molar-refractivity contribution in [3.63, 3.8) is 0 Å². The summed E-state index contributed by atoms with van der Waals surface area (Å²) in [6.07, 6.45) is 1.58. The van der Waals surface area contributed by atoms with Crippen molar-refractivity contribution in [3.05, 3.63) is 70.7 Å². The number of rotatable bonds is 3. The number of carbonyl (C=O) groups excluding carboxylic acids is 2. The highest BCUT2D eigenvalue weighted by molar-refractivity contribution is 7.17. The molecule has 6 rings (SSSR count). The molecule has 0 saturated carbocycles. The summed E-state index contributed by atoms with van der Waals surface area (Å²) in [5.74, 6) is -0.538. The molecule has 0 fully saturated rings. The predicted octanol–water partition coefficient (Wildman–Crippen LogP) is 3.98. The summed E-state index contributed by atoms with van der Waals surface area (Å²) in [7, 11) is 0. The number of imide groups is 1. The van der Waals surface area contributed by atoms with Crippen LogP contribution in [0, 0.1) is 5.92 Å². The van der Waals surface area contributed by atoms with E-state index >= 15 is 0 Å². The molecular formula is C25H20N2O3S. The van der Waals surface area contributed by atoms with Crippen molar-refractivity contribution in [2.75, 3.05) is 6.61 Å². The second kappa shape index (κ2) is 6.90. The number of benzene rings is 2. The molecule has 2 amide bonds. The lowest BCUT2D eigenvalue weighted by atomic mass is 9.89. The number of fused-ring (bicyclic) bond motifs is 4. The minimum absolute atomic E-state index is 0.118. The Kier molecular flexibility index (Phi) is 4.13. The van der Waals surface area contributed by atoms with Gasteiger partial charge in [0.15, 0.2) is 0 Å². The van der Waals surface area contributed by atoms with E-state index in [0.717, 1.165) is 50.8 Å². The number of amides is 2. The topological polar surface area (TPSA) is 71.3 Å². The highest BCUT2D eigenvalue weighted by Gasteiger charge is 2.37. The maximum Gasteiger partial charge on any atom is 0.259 e. The van der Waals surface area contributed by atoms with E-state index in [1.807, 2.05) is 47.8 Å². The second-order valence-electron chi connectivity index (χ2n) is 8.21. The molecule has 4 aromatic rings. The van der Waals surface area contributed by atoms with Crippen molar-refractivity contribution in [1.29, 1.82) is 0 Å². The van der Waals surface area contributed by atoms with E-state index < -0.39 is 0 Å². The maximum absolute atomic E-state index is 13.2. The third kappa shape index (κ3) is 2.65. The quantitative estimate of drug-likeness (QED) is 0.485. The molecule has 0 radical (unpaired) electrons. The average molecular weight is 429 g/mol. The van der Waals surface area contributed by atoms with Crippen LogP contribution in [0.3, 0.4) is 0 Å². The average Bonchev–Trinajstić information content (AvgIpc) is 3.44. The Balaban J connectivity index is 1.70. The van der Waals surface area contributed by atoms with Gasteiger partial charge in [-0.05, 0) is 30.9 Å². The van der Waals surface area contributed by atoms with Gasteiger partial charge in [0.25, 0.3) is 11.8 Å². The Morgan fingerprint density at radius 2 is 1.74 bits per heavy atom. The Labute approximate surface area is 182 Å². The molecule has 0 saturated heterocycles. The van der Waals surface area contributed by atoms with Gasteiger partial charge in [0, 0.05) is 56.3 Å². The number of para-hydroxylation sites is 1. The summed E-state index contributed by atoms with van der Waals surface area (Å²) < 4.78 is 3.34. The molecule has 154 valence electrons. The number of aromatic nitrogens is 1. The van der Waals surface area contributed by atoms with Gasteiger partial charge in [-0.15, -0.1) is 11.3 Å². The Bertz CT molecular complexity index is 1430. The highest BCUT2D eigenvalue weighted by atomic mass is 32.1. The molecule has 4 heterocycles. The number of nitrogens with one attached hydrogen (secondary N) is 1. The number of hydrogen-bond donors (Lipinski definition) is 2. The first-order chi connectivity index (χ1) is 15.2. The Hall–Kier alpha value is -3.22. The smallest absolute Gasteiger partial charge is 0.259 e. The first-order valence-electron chi connectivity index (χ1n) is 10.4. The highest BCUT2D eigenvalue weighted by Crippen LogP contribution is 2.43. The summed E-state index contributed by atoms with van der Waals surface area (Å²) in [6, 6.07) is 16.0. The fourth-order valence-electron chi connectivity index (χ4n) is 5.07. The largest absolute Gasteiger partial charge is 0.396 e. The molecule has 0 aliphatic carbocycles. The maximum atomic E-state index is 13.2. The molecule has 1 unspecified atom stereocenters. The standard InChI is InChI=1S/C25H20N2O3S/c28-12-14-9-10-27-18-7-3-1-6-16(18)21(19(27)11-14)23-22(24(29)26-25(23)30)17-13-31-20-8-4-2-5-15(17)20/h1-8,13-14,28H,9-12H2,(H,26,29,30). The number of aliphatic hydroxyl groups excluding tert-OH is 1. The van der Waals surface area contributed by atoms with E-state index in [4.69, 9.17) is 0 Å². The van der Waals surface area contributed by atoms with Crippen LogP contribution in [0.25, 0.3) is 32.1 Å². The molecule has 0 spiro atoms. The van der Waals surface area contributed by atoms with E-state index in [2.05, 4.69) is 16.0 Å². The monoisotopic (exact) mass is 428 g/mol. The van der Waals surface area contributed by atoms with E-state index in [1.165, 1.54) is 0 Å². The summed E-state index contributed by atoms with van der Waals surface area (Å²) in [5, 5.41) is 16.3. The van der Waals surface area contributed by atoms with Crippen LogP contribution in [0.5, 0.6) is 0 Å². The van der Waals surface area contributed by atoms with Crippen LogP contribution in [0.15, 0.2) is 53.9 Å². The van der Waals surface area contributed by atoms with Crippen molar-refractivity contribution in [2.45, 2.75) is 19.4 Å². The second-order valence-corrected chi connectivity index (χ2v) is 9.12. The van der Waals surface area contributed by atoms with Gasteiger partial charge in [-0.3, -0.25) is 14.9 Å². The van der Waals surface area contributed by atoms with Gasteiger partial charge in [-0.1, -0.05) is 36.4 Å². The third-order valence-corrected chi connectivity index (χ3v) is 7.47.